The predicted molar refractivity (Wildman–Crippen MR) is 121 cm³/mol. The zero-order chi connectivity index (χ0) is 20.7. The van der Waals surface area contributed by atoms with E-state index in [2.05, 4.69) is 10.6 Å². The first-order chi connectivity index (χ1) is 14.9. The molecule has 2 aromatic rings. The second-order valence-corrected chi connectivity index (χ2v) is 7.18. The van der Waals surface area contributed by atoms with Gasteiger partial charge >= 0.3 is 0 Å². The Morgan fingerprint density at radius 1 is 0.500 bits per heavy atom. The predicted octanol–water partition coefficient (Wildman–Crippen LogP) is 4.58. The molecule has 6 heteroatoms. The minimum atomic E-state index is 0.551. The maximum Gasteiger partial charge on any atom is 0.142 e. The minimum absolute atomic E-state index is 0.551. The van der Waals surface area contributed by atoms with Gasteiger partial charge in [-0.15, -0.1) is 0 Å². The molecule has 0 bridgehead atoms. The summed E-state index contributed by atoms with van der Waals surface area (Å²) in [6.45, 7) is 5.53. The largest absolute Gasteiger partial charge is 0.489 e. The molecule has 1 aliphatic heterocycles. The van der Waals surface area contributed by atoms with E-state index in [0.717, 1.165) is 74.9 Å². The summed E-state index contributed by atoms with van der Waals surface area (Å²) >= 11 is 0. The molecule has 0 aromatic heterocycles. The van der Waals surface area contributed by atoms with Crippen LogP contribution >= 0.6 is 0 Å². The standard InChI is InChI=1S/C24H34N2O4/c1-3-11-23-21(9-1)25-13-5-7-15-28-18-20-30-24-12-4-2-10-22(24)26-14-6-8-16-27-17-19-29-23/h1-4,9-12,25-26H,5-8,13-20H2. The van der Waals surface area contributed by atoms with Crippen molar-refractivity contribution in [3.63, 3.8) is 0 Å². The highest BCUT2D eigenvalue weighted by atomic mass is 16.5. The lowest BCUT2D eigenvalue weighted by atomic mass is 10.2. The van der Waals surface area contributed by atoms with Crippen molar-refractivity contribution in [3.05, 3.63) is 48.5 Å². The third-order valence-electron chi connectivity index (χ3n) is 4.81. The monoisotopic (exact) mass is 414 g/mol. The molecule has 2 N–H and O–H groups in total. The number of nitrogens with one attached hydrogen (secondary N) is 2. The quantitative estimate of drug-likeness (QED) is 0.658. The summed E-state index contributed by atoms with van der Waals surface area (Å²) in [6, 6.07) is 16.1. The summed E-state index contributed by atoms with van der Waals surface area (Å²) < 4.78 is 23.2. The fourth-order valence-electron chi connectivity index (χ4n) is 3.21. The SMILES string of the molecule is c1ccc2c(c1)NCCCCOCCOc1ccccc1NCCCCOCCO2. The van der Waals surface area contributed by atoms with E-state index in [-0.39, 0.29) is 0 Å². The Labute approximate surface area is 179 Å². The average molecular weight is 415 g/mol. The smallest absolute Gasteiger partial charge is 0.142 e. The van der Waals surface area contributed by atoms with Crippen LogP contribution in [0.2, 0.25) is 0 Å². The molecule has 0 amide bonds. The summed E-state index contributed by atoms with van der Waals surface area (Å²) in [6.07, 6.45) is 4.07. The van der Waals surface area contributed by atoms with Crippen molar-refractivity contribution in [2.75, 3.05) is 63.4 Å². The van der Waals surface area contributed by atoms with E-state index >= 15 is 0 Å². The second kappa shape index (κ2) is 13.7. The van der Waals surface area contributed by atoms with Gasteiger partial charge in [-0.05, 0) is 49.9 Å². The molecule has 0 saturated carbocycles. The van der Waals surface area contributed by atoms with Crippen LogP contribution in [0, 0.1) is 0 Å². The number of hydrogen-bond acceptors (Lipinski definition) is 6. The van der Waals surface area contributed by atoms with Gasteiger partial charge in [-0.2, -0.15) is 0 Å². The molecular weight excluding hydrogens is 380 g/mol. The van der Waals surface area contributed by atoms with E-state index in [9.17, 15) is 0 Å². The van der Waals surface area contributed by atoms with Gasteiger partial charge in [-0.1, -0.05) is 24.3 Å². The molecular formula is C24H34N2O4. The van der Waals surface area contributed by atoms with Crippen LogP contribution in [-0.4, -0.2) is 52.7 Å². The van der Waals surface area contributed by atoms with Gasteiger partial charge in [0.25, 0.3) is 0 Å². The van der Waals surface area contributed by atoms with Crippen LogP contribution in [0.15, 0.2) is 48.5 Å². The van der Waals surface area contributed by atoms with Gasteiger partial charge in [0.15, 0.2) is 0 Å². The highest BCUT2D eigenvalue weighted by Crippen LogP contribution is 2.24. The Kier molecular flexibility index (Phi) is 10.2. The van der Waals surface area contributed by atoms with Gasteiger partial charge in [0.1, 0.15) is 24.7 Å². The van der Waals surface area contributed by atoms with Crippen LogP contribution in [0.25, 0.3) is 0 Å². The molecule has 0 radical (unpaired) electrons. The first kappa shape index (κ1) is 22.2. The Balaban J connectivity index is 1.48. The Morgan fingerprint density at radius 3 is 1.47 bits per heavy atom. The van der Waals surface area contributed by atoms with Crippen molar-refractivity contribution in [2.45, 2.75) is 25.7 Å². The zero-order valence-corrected chi connectivity index (χ0v) is 17.7. The van der Waals surface area contributed by atoms with Crippen LogP contribution < -0.4 is 20.1 Å². The number of ether oxygens (including phenoxy) is 4. The molecule has 0 saturated heterocycles. The molecule has 164 valence electrons. The molecule has 0 unspecified atom stereocenters. The minimum Gasteiger partial charge on any atom is -0.489 e. The van der Waals surface area contributed by atoms with Gasteiger partial charge in [-0.3, -0.25) is 0 Å². The van der Waals surface area contributed by atoms with Crippen molar-refractivity contribution in [1.82, 2.24) is 0 Å². The lowest BCUT2D eigenvalue weighted by Gasteiger charge is -2.15. The van der Waals surface area contributed by atoms with Crippen LogP contribution in [0.1, 0.15) is 25.7 Å². The summed E-state index contributed by atoms with van der Waals surface area (Å²) in [4.78, 5) is 0. The summed E-state index contributed by atoms with van der Waals surface area (Å²) in [5.74, 6) is 1.75. The Morgan fingerprint density at radius 2 is 0.967 bits per heavy atom. The molecule has 0 atom stereocenters. The molecule has 3 rings (SSSR count). The van der Waals surface area contributed by atoms with Crippen molar-refractivity contribution < 1.29 is 18.9 Å². The number of benzene rings is 2. The third-order valence-corrected chi connectivity index (χ3v) is 4.81. The molecule has 0 spiro atoms. The van der Waals surface area contributed by atoms with Crippen LogP contribution in [-0.2, 0) is 9.47 Å². The van der Waals surface area contributed by atoms with E-state index in [1.807, 2.05) is 48.5 Å². The first-order valence-corrected chi connectivity index (χ1v) is 11.0. The van der Waals surface area contributed by atoms with E-state index in [4.69, 9.17) is 18.9 Å². The molecule has 0 fully saturated rings. The number of anilines is 2. The van der Waals surface area contributed by atoms with E-state index < -0.39 is 0 Å². The maximum absolute atomic E-state index is 5.90. The highest BCUT2D eigenvalue weighted by molar-refractivity contribution is 5.56. The molecule has 30 heavy (non-hydrogen) atoms. The normalized spacial score (nSPS) is 17.9. The number of hydrogen-bond donors (Lipinski definition) is 2. The van der Waals surface area contributed by atoms with Crippen LogP contribution in [0.3, 0.4) is 0 Å². The van der Waals surface area contributed by atoms with E-state index in [1.165, 1.54) is 0 Å². The molecule has 2 aromatic carbocycles. The van der Waals surface area contributed by atoms with Gasteiger partial charge < -0.3 is 29.6 Å². The van der Waals surface area contributed by atoms with Crippen LogP contribution in [0.5, 0.6) is 11.5 Å². The molecule has 1 heterocycles. The number of para-hydroxylation sites is 4. The summed E-state index contributed by atoms with van der Waals surface area (Å²) in [5.41, 5.74) is 2.05. The first-order valence-electron chi connectivity index (χ1n) is 11.0. The van der Waals surface area contributed by atoms with E-state index in [1.54, 1.807) is 0 Å². The van der Waals surface area contributed by atoms with Crippen molar-refractivity contribution in [2.24, 2.45) is 0 Å². The van der Waals surface area contributed by atoms with Crippen molar-refractivity contribution in [3.8, 4) is 11.5 Å². The van der Waals surface area contributed by atoms with E-state index in [0.29, 0.717) is 26.4 Å². The topological polar surface area (TPSA) is 61.0 Å². The third kappa shape index (κ3) is 8.13. The molecule has 1 aliphatic rings. The maximum atomic E-state index is 5.90. The van der Waals surface area contributed by atoms with Crippen molar-refractivity contribution in [1.29, 1.82) is 0 Å². The second-order valence-electron chi connectivity index (χ2n) is 7.18. The fraction of sp³-hybridized carbons (Fsp3) is 0.500. The van der Waals surface area contributed by atoms with Gasteiger partial charge in [0.05, 0.1) is 24.6 Å². The summed E-state index contributed by atoms with van der Waals surface area (Å²) in [5, 5.41) is 6.92. The van der Waals surface area contributed by atoms with Gasteiger partial charge in [0, 0.05) is 26.3 Å². The summed E-state index contributed by atoms with van der Waals surface area (Å²) in [7, 11) is 0. The molecule has 6 nitrogen and oxygen atoms in total. The Bertz CT molecular complexity index is 606. The lowest BCUT2D eigenvalue weighted by molar-refractivity contribution is 0.0974. The van der Waals surface area contributed by atoms with Gasteiger partial charge in [-0.25, -0.2) is 0 Å². The zero-order valence-electron chi connectivity index (χ0n) is 17.7. The number of fused-ring (bicyclic) bond motifs is 2. The Hall–Kier alpha value is -2.44. The lowest BCUT2D eigenvalue weighted by Crippen LogP contribution is -2.12. The highest BCUT2D eigenvalue weighted by Gasteiger charge is 2.04. The van der Waals surface area contributed by atoms with Crippen molar-refractivity contribution >= 4 is 11.4 Å². The average Bonchev–Trinajstić information content (AvgIpc) is 2.78. The van der Waals surface area contributed by atoms with Crippen LogP contribution in [0.4, 0.5) is 11.4 Å². The molecule has 0 aliphatic carbocycles. The van der Waals surface area contributed by atoms with Gasteiger partial charge in [0.2, 0.25) is 0 Å². The fourth-order valence-corrected chi connectivity index (χ4v) is 3.21. The number of rotatable bonds is 0.